The number of carboxylic acid groups (broad SMARTS) is 1. The van der Waals surface area contributed by atoms with Gasteiger partial charge in [0, 0.05) is 23.2 Å². The van der Waals surface area contributed by atoms with E-state index in [4.69, 9.17) is 16.7 Å². The first-order valence-corrected chi connectivity index (χ1v) is 11.4. The number of halogens is 1. The molecule has 37 heavy (non-hydrogen) atoms. The van der Waals surface area contributed by atoms with Crippen molar-refractivity contribution in [3.05, 3.63) is 88.8 Å². The predicted molar refractivity (Wildman–Crippen MR) is 134 cm³/mol. The van der Waals surface area contributed by atoms with Gasteiger partial charge in [-0.2, -0.15) is 9.67 Å². The minimum atomic E-state index is -1.34. The number of rotatable bonds is 10. The van der Waals surface area contributed by atoms with E-state index in [2.05, 4.69) is 36.1 Å². The van der Waals surface area contributed by atoms with Crippen LogP contribution in [0.4, 0.5) is 5.95 Å². The number of carbonyl (C=O) groups excluding carboxylic acids is 1. The van der Waals surface area contributed by atoms with Gasteiger partial charge in [-0.1, -0.05) is 41.9 Å². The van der Waals surface area contributed by atoms with Crippen LogP contribution >= 0.6 is 11.6 Å². The maximum Gasteiger partial charge on any atom is 0.342 e. The number of nitrogens with one attached hydrogen (secondary N) is 2. The summed E-state index contributed by atoms with van der Waals surface area (Å²) in [5.74, 6) is -2.34. The molecule has 4 rings (SSSR count). The van der Waals surface area contributed by atoms with Crippen molar-refractivity contribution in [3.63, 3.8) is 0 Å². The van der Waals surface area contributed by atoms with E-state index in [9.17, 15) is 14.7 Å². The van der Waals surface area contributed by atoms with E-state index in [0.29, 0.717) is 22.7 Å². The number of nitrogens with zero attached hydrogens (tertiary/aromatic N) is 6. The van der Waals surface area contributed by atoms with E-state index < -0.39 is 23.5 Å². The summed E-state index contributed by atoms with van der Waals surface area (Å²) in [4.78, 5) is 31.6. The van der Waals surface area contributed by atoms with Gasteiger partial charge in [0.15, 0.2) is 0 Å². The molecule has 0 spiro atoms. The van der Waals surface area contributed by atoms with E-state index in [1.54, 1.807) is 24.3 Å². The lowest BCUT2D eigenvalue weighted by molar-refractivity contribution is -0.117. The van der Waals surface area contributed by atoms with Crippen LogP contribution in [0.1, 0.15) is 21.5 Å². The Morgan fingerprint density at radius 1 is 1.16 bits per heavy atom. The second-order valence-electron chi connectivity index (χ2n) is 7.80. The fraction of sp³-hybridized carbons (Fsp3) is 0.125. The highest BCUT2D eigenvalue weighted by molar-refractivity contribution is 6.30. The Labute approximate surface area is 215 Å². The van der Waals surface area contributed by atoms with Crippen molar-refractivity contribution in [3.8, 4) is 11.6 Å². The van der Waals surface area contributed by atoms with Gasteiger partial charge in [-0.25, -0.2) is 9.78 Å². The number of anilines is 1. The van der Waals surface area contributed by atoms with Crippen LogP contribution in [-0.4, -0.2) is 64.9 Å². The zero-order valence-electron chi connectivity index (χ0n) is 19.2. The highest BCUT2D eigenvalue weighted by atomic mass is 35.5. The minimum Gasteiger partial charge on any atom is -0.493 e. The fourth-order valence-corrected chi connectivity index (χ4v) is 3.63. The smallest absolute Gasteiger partial charge is 0.342 e. The van der Waals surface area contributed by atoms with Crippen LogP contribution in [-0.2, 0) is 11.2 Å². The number of aromatic hydroxyl groups is 1. The molecule has 2 aromatic heterocycles. The molecule has 0 aliphatic rings. The van der Waals surface area contributed by atoms with Crippen LogP contribution in [0.2, 0.25) is 5.02 Å². The molecule has 0 aliphatic heterocycles. The molecule has 0 saturated heterocycles. The van der Waals surface area contributed by atoms with Crippen molar-refractivity contribution in [1.29, 1.82) is 0 Å². The molecule has 13 heteroatoms. The lowest BCUT2D eigenvalue weighted by atomic mass is 10.1. The number of carboxylic acids is 1. The first-order chi connectivity index (χ1) is 17.9. The van der Waals surface area contributed by atoms with Crippen molar-refractivity contribution >= 4 is 35.5 Å². The molecule has 0 bridgehead atoms. The van der Waals surface area contributed by atoms with Crippen LogP contribution in [0.5, 0.6) is 5.88 Å². The molecular formula is C24H21ClN8O4. The largest absolute Gasteiger partial charge is 0.493 e. The number of aromatic nitrogens is 6. The Balaban J connectivity index is 1.48. The summed E-state index contributed by atoms with van der Waals surface area (Å²) in [5.41, 5.74) is 1.85. The molecule has 1 atom stereocenters. The Morgan fingerprint density at radius 3 is 2.68 bits per heavy atom. The van der Waals surface area contributed by atoms with E-state index in [0.717, 1.165) is 11.8 Å². The van der Waals surface area contributed by atoms with Crippen molar-refractivity contribution in [2.75, 3.05) is 11.9 Å². The quantitative estimate of drug-likeness (QED) is 0.228. The van der Waals surface area contributed by atoms with Crippen LogP contribution < -0.4 is 10.6 Å². The van der Waals surface area contributed by atoms with Gasteiger partial charge >= 0.3 is 5.97 Å². The molecule has 0 fully saturated rings. The molecule has 188 valence electrons. The molecule has 1 amide bonds. The fourth-order valence-electron chi connectivity index (χ4n) is 3.45. The molecule has 12 nitrogen and oxygen atoms in total. The molecule has 0 saturated carbocycles. The Kier molecular flexibility index (Phi) is 8.01. The first kappa shape index (κ1) is 25.3. The van der Waals surface area contributed by atoms with Gasteiger partial charge < -0.3 is 20.8 Å². The van der Waals surface area contributed by atoms with Gasteiger partial charge in [0.2, 0.25) is 17.7 Å². The number of hydrogen-bond donors (Lipinski definition) is 4. The Bertz CT molecular complexity index is 1410. The zero-order chi connectivity index (χ0) is 26.2. The molecule has 4 N–H and O–H groups in total. The maximum absolute atomic E-state index is 12.8. The number of carbonyl (C=O) groups is 2. The summed E-state index contributed by atoms with van der Waals surface area (Å²) in [5, 5.41) is 36.4. The average Bonchev–Trinajstić information content (AvgIpc) is 3.41. The summed E-state index contributed by atoms with van der Waals surface area (Å²) in [6.07, 6.45) is 5.91. The molecule has 4 aromatic rings. The van der Waals surface area contributed by atoms with Crippen LogP contribution in [0.3, 0.4) is 0 Å². The number of hydrogen-bond acceptors (Lipinski definition) is 9. The molecule has 2 aromatic carbocycles. The lowest BCUT2D eigenvalue weighted by Crippen LogP contribution is -2.40. The summed E-state index contributed by atoms with van der Waals surface area (Å²) >= 11 is 6.14. The standard InChI is InChI=1S/C24H21ClN8O4/c25-17-7-8-20(33-14-28-31-32-33)16(11-17)6-9-21(34)29-18(10-15-4-2-1-3-5-15)12-26-24-27-13-19(23(36)37)22(35)30-24/h1-9,11,13-14,18H,10,12H2,(H,29,34)(H,36,37)(H2,26,27,30,35). The maximum atomic E-state index is 12.8. The third-order valence-electron chi connectivity index (χ3n) is 5.18. The summed E-state index contributed by atoms with van der Waals surface area (Å²) in [6, 6.07) is 14.3. The topological polar surface area (TPSA) is 168 Å². The first-order valence-electron chi connectivity index (χ1n) is 11.0. The second kappa shape index (κ2) is 11.7. The third-order valence-corrected chi connectivity index (χ3v) is 5.41. The monoisotopic (exact) mass is 520 g/mol. The summed E-state index contributed by atoms with van der Waals surface area (Å²) in [7, 11) is 0. The van der Waals surface area contributed by atoms with Crippen molar-refractivity contribution in [2.45, 2.75) is 12.5 Å². The highest BCUT2D eigenvalue weighted by Crippen LogP contribution is 2.20. The van der Waals surface area contributed by atoms with E-state index in [1.807, 2.05) is 30.3 Å². The Hall–Kier alpha value is -4.84. The predicted octanol–water partition coefficient (Wildman–Crippen LogP) is 2.36. The van der Waals surface area contributed by atoms with Crippen molar-refractivity contribution < 1.29 is 19.8 Å². The number of amides is 1. The minimum absolute atomic E-state index is 0.0235. The van der Waals surface area contributed by atoms with Crippen molar-refractivity contribution in [1.82, 2.24) is 35.5 Å². The Morgan fingerprint density at radius 2 is 1.97 bits per heavy atom. The SMILES string of the molecule is O=C(C=Cc1cc(Cl)ccc1-n1cnnn1)NC(CNc1ncc(C(=O)O)c(O)n1)Cc1ccccc1. The average molecular weight is 521 g/mol. The number of benzene rings is 2. The van der Waals surface area contributed by atoms with Gasteiger partial charge in [0.25, 0.3) is 0 Å². The number of aromatic carboxylic acids is 1. The van der Waals surface area contributed by atoms with Gasteiger partial charge in [-0.15, -0.1) is 5.10 Å². The second-order valence-corrected chi connectivity index (χ2v) is 8.24. The van der Waals surface area contributed by atoms with Gasteiger partial charge in [-0.05, 0) is 46.7 Å². The third kappa shape index (κ3) is 6.86. The van der Waals surface area contributed by atoms with Gasteiger partial charge in [0.1, 0.15) is 11.9 Å². The summed E-state index contributed by atoms with van der Waals surface area (Å²) in [6.45, 7) is 0.202. The van der Waals surface area contributed by atoms with Crippen molar-refractivity contribution in [2.24, 2.45) is 0 Å². The molecule has 0 radical (unpaired) electrons. The molecule has 1 unspecified atom stereocenters. The highest BCUT2D eigenvalue weighted by Gasteiger charge is 2.16. The number of tetrazole rings is 1. The van der Waals surface area contributed by atoms with Gasteiger partial charge in [0.05, 0.1) is 17.9 Å². The van der Waals surface area contributed by atoms with Crippen LogP contribution in [0, 0.1) is 0 Å². The van der Waals surface area contributed by atoms with Gasteiger partial charge in [-0.3, -0.25) is 4.79 Å². The molecule has 0 aliphatic carbocycles. The normalized spacial score (nSPS) is 11.8. The van der Waals surface area contributed by atoms with Crippen LogP contribution in [0.15, 0.2) is 67.1 Å². The molecular weight excluding hydrogens is 500 g/mol. The van der Waals surface area contributed by atoms with E-state index in [-0.39, 0.29) is 18.4 Å². The van der Waals surface area contributed by atoms with E-state index >= 15 is 0 Å². The zero-order valence-corrected chi connectivity index (χ0v) is 19.9. The molecule has 2 heterocycles. The van der Waals surface area contributed by atoms with E-state index in [1.165, 1.54) is 17.1 Å². The lowest BCUT2D eigenvalue weighted by Gasteiger charge is -2.19. The van der Waals surface area contributed by atoms with Crippen LogP contribution in [0.25, 0.3) is 11.8 Å². The summed E-state index contributed by atoms with van der Waals surface area (Å²) < 4.78 is 1.46.